The van der Waals surface area contributed by atoms with Crippen LogP contribution in [-0.2, 0) is 0 Å². The second-order valence-corrected chi connectivity index (χ2v) is 6.96. The van der Waals surface area contributed by atoms with Gasteiger partial charge in [0.2, 0.25) is 0 Å². The molecule has 0 bridgehead atoms. The smallest absolute Gasteiger partial charge is 0.0590 e. The summed E-state index contributed by atoms with van der Waals surface area (Å²) in [5, 5.41) is 7.20. The molecule has 3 heteroatoms. The van der Waals surface area contributed by atoms with Gasteiger partial charge in [-0.25, -0.2) is 0 Å². The number of rotatable bonds is 5. The summed E-state index contributed by atoms with van der Waals surface area (Å²) in [4.78, 5) is 0. The van der Waals surface area contributed by atoms with Crippen molar-refractivity contribution in [2.45, 2.75) is 19.4 Å². The number of hydrogen-bond acceptors (Lipinski definition) is 2. The Balaban J connectivity index is 2.06. The fourth-order valence-electron chi connectivity index (χ4n) is 2.59. The molecular weight excluding hydrogens is 342 g/mol. The van der Waals surface area contributed by atoms with E-state index in [1.165, 1.54) is 21.2 Å². The zero-order chi connectivity index (χ0) is 14.7. The lowest BCUT2D eigenvalue weighted by atomic mass is 9.97. The van der Waals surface area contributed by atoms with Crippen LogP contribution < -0.4 is 5.32 Å². The van der Waals surface area contributed by atoms with Gasteiger partial charge in [-0.05, 0) is 53.1 Å². The van der Waals surface area contributed by atoms with Crippen LogP contribution in [0.4, 0.5) is 0 Å². The largest absolute Gasteiger partial charge is 0.306 e. The summed E-state index contributed by atoms with van der Waals surface area (Å²) in [7, 11) is 0. The first-order chi connectivity index (χ1) is 10.3. The molecule has 0 saturated carbocycles. The molecule has 1 N–H and O–H groups in total. The molecule has 0 aliphatic rings. The van der Waals surface area contributed by atoms with Crippen LogP contribution in [0.2, 0.25) is 0 Å². The van der Waals surface area contributed by atoms with Crippen LogP contribution in [-0.4, -0.2) is 6.54 Å². The van der Waals surface area contributed by atoms with Gasteiger partial charge < -0.3 is 5.32 Å². The highest BCUT2D eigenvalue weighted by atomic mass is 79.9. The molecule has 1 nitrogen and oxygen atoms in total. The van der Waals surface area contributed by atoms with Crippen LogP contribution >= 0.6 is 27.3 Å². The minimum absolute atomic E-state index is 0.250. The van der Waals surface area contributed by atoms with Crippen LogP contribution in [0.3, 0.4) is 0 Å². The van der Waals surface area contributed by atoms with E-state index in [-0.39, 0.29) is 6.04 Å². The minimum Gasteiger partial charge on any atom is -0.306 e. The Hall–Kier alpha value is -1.16. The van der Waals surface area contributed by atoms with Gasteiger partial charge in [-0.2, -0.15) is 0 Å². The van der Waals surface area contributed by atoms with E-state index in [0.29, 0.717) is 0 Å². The van der Waals surface area contributed by atoms with Crippen molar-refractivity contribution >= 4 is 37.4 Å². The van der Waals surface area contributed by atoms with Gasteiger partial charge in [0.1, 0.15) is 0 Å². The lowest BCUT2D eigenvalue weighted by Crippen LogP contribution is -2.23. The second kappa shape index (κ2) is 6.73. The first-order valence-corrected chi connectivity index (χ1v) is 8.92. The minimum atomic E-state index is 0.250. The van der Waals surface area contributed by atoms with Gasteiger partial charge in [-0.15, -0.1) is 11.3 Å². The van der Waals surface area contributed by atoms with Crippen LogP contribution in [0.25, 0.3) is 10.1 Å². The zero-order valence-corrected chi connectivity index (χ0v) is 14.4. The van der Waals surface area contributed by atoms with Gasteiger partial charge in [0.05, 0.1) is 6.04 Å². The third kappa shape index (κ3) is 3.20. The summed E-state index contributed by atoms with van der Waals surface area (Å²) < 4.78 is 2.50. The Morgan fingerprint density at radius 2 is 1.90 bits per heavy atom. The van der Waals surface area contributed by atoms with Crippen LogP contribution in [0.1, 0.15) is 30.5 Å². The summed E-state index contributed by atoms with van der Waals surface area (Å²) in [6, 6.07) is 17.7. The lowest BCUT2D eigenvalue weighted by molar-refractivity contribution is 0.602. The van der Waals surface area contributed by atoms with E-state index < -0.39 is 0 Å². The number of thiophene rings is 1. The molecule has 3 aromatic rings. The fourth-order valence-corrected chi connectivity index (χ4v) is 3.80. The topological polar surface area (TPSA) is 12.0 Å². The Bertz CT molecular complexity index is 717. The van der Waals surface area contributed by atoms with Gasteiger partial charge >= 0.3 is 0 Å². The van der Waals surface area contributed by atoms with Crippen LogP contribution in [0.5, 0.6) is 0 Å². The molecule has 0 spiro atoms. The number of halogens is 1. The molecule has 21 heavy (non-hydrogen) atoms. The van der Waals surface area contributed by atoms with E-state index in [1.54, 1.807) is 0 Å². The molecule has 0 saturated heterocycles. The Morgan fingerprint density at radius 3 is 2.67 bits per heavy atom. The van der Waals surface area contributed by atoms with E-state index >= 15 is 0 Å². The SMILES string of the molecule is CCCNC(c1ccc(Br)cc1)c1cccc2ccsc12. The maximum absolute atomic E-state index is 3.69. The maximum Gasteiger partial charge on any atom is 0.0590 e. The predicted octanol–water partition coefficient (Wildman–Crippen LogP) is 5.75. The first-order valence-electron chi connectivity index (χ1n) is 7.24. The highest BCUT2D eigenvalue weighted by Gasteiger charge is 2.16. The highest BCUT2D eigenvalue weighted by Crippen LogP contribution is 2.32. The van der Waals surface area contributed by atoms with E-state index in [2.05, 4.69) is 82.1 Å². The third-order valence-corrected chi connectivity index (χ3v) is 5.13. The molecule has 1 unspecified atom stereocenters. The van der Waals surface area contributed by atoms with Gasteiger partial charge in [0.25, 0.3) is 0 Å². The number of benzene rings is 2. The van der Waals surface area contributed by atoms with Crippen molar-refractivity contribution < 1.29 is 0 Å². The van der Waals surface area contributed by atoms with E-state index in [4.69, 9.17) is 0 Å². The normalized spacial score (nSPS) is 12.7. The summed E-state index contributed by atoms with van der Waals surface area (Å²) in [5.74, 6) is 0. The summed E-state index contributed by atoms with van der Waals surface area (Å²) in [5.41, 5.74) is 2.69. The first kappa shape index (κ1) is 14.8. The summed E-state index contributed by atoms with van der Waals surface area (Å²) in [6.07, 6.45) is 1.13. The molecule has 0 amide bonds. The highest BCUT2D eigenvalue weighted by molar-refractivity contribution is 9.10. The summed E-state index contributed by atoms with van der Waals surface area (Å²) >= 11 is 5.34. The molecule has 1 atom stereocenters. The molecule has 2 aromatic carbocycles. The van der Waals surface area contributed by atoms with Crippen molar-refractivity contribution in [1.29, 1.82) is 0 Å². The molecule has 108 valence electrons. The van der Waals surface area contributed by atoms with Crippen molar-refractivity contribution in [2.24, 2.45) is 0 Å². The van der Waals surface area contributed by atoms with E-state index in [9.17, 15) is 0 Å². The molecule has 1 heterocycles. The van der Waals surface area contributed by atoms with Crippen molar-refractivity contribution in [3.05, 3.63) is 69.5 Å². The van der Waals surface area contributed by atoms with Gasteiger partial charge in [0.15, 0.2) is 0 Å². The number of hydrogen-bond donors (Lipinski definition) is 1. The fraction of sp³-hybridized carbons (Fsp3) is 0.222. The van der Waals surface area contributed by atoms with Crippen LogP contribution in [0.15, 0.2) is 58.4 Å². The van der Waals surface area contributed by atoms with Crippen molar-refractivity contribution in [2.75, 3.05) is 6.54 Å². The van der Waals surface area contributed by atoms with Crippen molar-refractivity contribution in [3.63, 3.8) is 0 Å². The molecule has 0 radical (unpaired) electrons. The molecule has 0 aliphatic carbocycles. The van der Waals surface area contributed by atoms with Crippen molar-refractivity contribution in [1.82, 2.24) is 5.32 Å². The monoisotopic (exact) mass is 359 g/mol. The summed E-state index contributed by atoms with van der Waals surface area (Å²) in [6.45, 7) is 3.22. The zero-order valence-electron chi connectivity index (χ0n) is 12.0. The van der Waals surface area contributed by atoms with Gasteiger partial charge in [-0.3, -0.25) is 0 Å². The predicted molar refractivity (Wildman–Crippen MR) is 96.1 cm³/mol. The number of fused-ring (bicyclic) bond motifs is 1. The quantitative estimate of drug-likeness (QED) is 0.611. The Kier molecular flexibility index (Phi) is 4.73. The van der Waals surface area contributed by atoms with Crippen molar-refractivity contribution in [3.8, 4) is 0 Å². The maximum atomic E-state index is 3.69. The third-order valence-electron chi connectivity index (χ3n) is 3.62. The van der Waals surface area contributed by atoms with E-state index in [1.807, 2.05) is 11.3 Å². The molecule has 0 fully saturated rings. The molecule has 1 aromatic heterocycles. The molecular formula is C18H18BrNS. The van der Waals surface area contributed by atoms with Crippen LogP contribution in [0, 0.1) is 0 Å². The molecule has 0 aliphatic heterocycles. The Labute approximate surface area is 138 Å². The second-order valence-electron chi connectivity index (χ2n) is 5.12. The van der Waals surface area contributed by atoms with Gasteiger partial charge in [0, 0.05) is 9.17 Å². The lowest BCUT2D eigenvalue weighted by Gasteiger charge is -2.20. The molecule has 3 rings (SSSR count). The average molecular weight is 360 g/mol. The van der Waals surface area contributed by atoms with Gasteiger partial charge in [-0.1, -0.05) is 53.2 Å². The average Bonchev–Trinajstić information content (AvgIpc) is 2.98. The standard InChI is InChI=1S/C18H18BrNS/c1-2-11-20-17(13-6-8-15(19)9-7-13)16-5-3-4-14-10-12-21-18(14)16/h3-10,12,17,20H,2,11H2,1H3. The van der Waals surface area contributed by atoms with E-state index in [0.717, 1.165) is 17.4 Å². The Morgan fingerprint density at radius 1 is 1.10 bits per heavy atom. The number of nitrogens with one attached hydrogen (secondary N) is 1.